The van der Waals surface area contributed by atoms with Crippen LogP contribution in [0.4, 0.5) is 5.69 Å². The van der Waals surface area contributed by atoms with E-state index >= 15 is 0 Å². The Kier molecular flexibility index (Phi) is 3.81. The number of pyridine rings is 1. The minimum absolute atomic E-state index is 0.115. The molecule has 0 aliphatic carbocycles. The molecule has 2 rings (SSSR count). The number of benzene rings is 1. The Morgan fingerprint density at radius 1 is 1.28 bits per heavy atom. The van der Waals surface area contributed by atoms with Crippen LogP contribution in [0.2, 0.25) is 0 Å². The minimum Gasteiger partial charge on any atom is -0.507 e. The fourth-order valence-electron chi connectivity index (χ4n) is 1.52. The van der Waals surface area contributed by atoms with Gasteiger partial charge in [0.2, 0.25) is 0 Å². The zero-order chi connectivity index (χ0) is 13.1. The molecule has 1 aromatic heterocycles. The number of nitrogens with zero attached hydrogens (tertiary/aromatic N) is 2. The number of carbonyl (C=O) groups excluding carboxylic acids is 1. The first-order valence-electron chi connectivity index (χ1n) is 5.26. The molecule has 0 aliphatic rings. The quantitative estimate of drug-likeness (QED) is 0.844. The summed E-state index contributed by atoms with van der Waals surface area (Å²) < 4.78 is 0.718. The Bertz CT molecular complexity index is 572. The van der Waals surface area contributed by atoms with E-state index < -0.39 is 0 Å². The van der Waals surface area contributed by atoms with Crippen LogP contribution in [0.3, 0.4) is 0 Å². The molecule has 2 aromatic rings. The van der Waals surface area contributed by atoms with Crippen molar-refractivity contribution < 1.29 is 9.90 Å². The van der Waals surface area contributed by atoms with Crippen LogP contribution in [-0.2, 0) is 0 Å². The molecule has 0 atom stereocenters. The fourth-order valence-corrected chi connectivity index (χ4v) is 1.86. The smallest absolute Gasteiger partial charge is 0.258 e. The Labute approximate surface area is 118 Å². The van der Waals surface area contributed by atoms with Gasteiger partial charge in [0.15, 0.2) is 0 Å². The molecule has 4 nitrogen and oxygen atoms in total. The Balaban J connectivity index is 2.29. The molecule has 0 spiro atoms. The molecular weight excluding hydrogens is 343 g/mol. The third kappa shape index (κ3) is 2.61. The normalized spacial score (nSPS) is 10.1. The van der Waals surface area contributed by atoms with Crippen molar-refractivity contribution in [2.45, 2.75) is 0 Å². The summed E-state index contributed by atoms with van der Waals surface area (Å²) in [6, 6.07) is 8.39. The number of phenols is 1. The van der Waals surface area contributed by atoms with Gasteiger partial charge < -0.3 is 10.0 Å². The van der Waals surface area contributed by atoms with Gasteiger partial charge in [0.25, 0.3) is 5.91 Å². The van der Waals surface area contributed by atoms with Crippen molar-refractivity contribution in [1.29, 1.82) is 0 Å². The van der Waals surface area contributed by atoms with Gasteiger partial charge in [0.05, 0.1) is 3.57 Å². The summed E-state index contributed by atoms with van der Waals surface area (Å²) in [7, 11) is 1.69. The monoisotopic (exact) mass is 354 g/mol. The molecule has 1 aromatic carbocycles. The van der Waals surface area contributed by atoms with Crippen molar-refractivity contribution in [2.75, 3.05) is 11.9 Å². The summed E-state index contributed by atoms with van der Waals surface area (Å²) in [6.45, 7) is 0. The third-order valence-electron chi connectivity index (χ3n) is 2.55. The predicted octanol–water partition coefficient (Wildman–Crippen LogP) is 2.67. The Morgan fingerprint density at radius 3 is 2.56 bits per heavy atom. The van der Waals surface area contributed by atoms with E-state index in [1.54, 1.807) is 43.7 Å². The largest absolute Gasteiger partial charge is 0.507 e. The molecule has 0 bridgehead atoms. The number of hydrogen-bond acceptors (Lipinski definition) is 3. The fraction of sp³-hybridized carbons (Fsp3) is 0.0769. The van der Waals surface area contributed by atoms with E-state index in [9.17, 15) is 9.90 Å². The molecule has 1 N–H and O–H groups in total. The van der Waals surface area contributed by atoms with E-state index in [2.05, 4.69) is 4.98 Å². The van der Waals surface area contributed by atoms with Crippen LogP contribution in [0, 0.1) is 3.57 Å². The molecule has 18 heavy (non-hydrogen) atoms. The lowest BCUT2D eigenvalue weighted by molar-refractivity contribution is 0.0992. The van der Waals surface area contributed by atoms with E-state index in [0.717, 1.165) is 9.26 Å². The number of phenolic OH excluding ortho intramolecular Hbond substituents is 1. The van der Waals surface area contributed by atoms with Crippen molar-refractivity contribution >= 4 is 34.2 Å². The highest BCUT2D eigenvalue weighted by atomic mass is 127. The Morgan fingerprint density at radius 2 is 1.94 bits per heavy atom. The van der Waals surface area contributed by atoms with E-state index in [-0.39, 0.29) is 11.7 Å². The summed E-state index contributed by atoms with van der Waals surface area (Å²) in [4.78, 5) is 17.6. The van der Waals surface area contributed by atoms with Crippen LogP contribution >= 0.6 is 22.6 Å². The van der Waals surface area contributed by atoms with Crippen molar-refractivity contribution in [3.05, 3.63) is 51.9 Å². The van der Waals surface area contributed by atoms with Gasteiger partial charge in [0, 0.05) is 30.7 Å². The first-order chi connectivity index (χ1) is 8.59. The van der Waals surface area contributed by atoms with Gasteiger partial charge in [-0.15, -0.1) is 0 Å². The molecule has 0 radical (unpaired) electrons. The second kappa shape index (κ2) is 5.34. The lowest BCUT2D eigenvalue weighted by Gasteiger charge is -2.17. The van der Waals surface area contributed by atoms with Crippen molar-refractivity contribution in [2.24, 2.45) is 0 Å². The number of amides is 1. The second-order valence-corrected chi connectivity index (χ2v) is 4.90. The van der Waals surface area contributed by atoms with Crippen LogP contribution in [0.5, 0.6) is 5.75 Å². The molecule has 1 heterocycles. The number of aromatic hydroxyl groups is 1. The van der Waals surface area contributed by atoms with Crippen LogP contribution in [0.15, 0.2) is 42.7 Å². The highest BCUT2D eigenvalue weighted by Gasteiger charge is 2.14. The molecule has 1 amide bonds. The van der Waals surface area contributed by atoms with Crippen molar-refractivity contribution in [1.82, 2.24) is 4.98 Å². The van der Waals surface area contributed by atoms with Crippen LogP contribution in [-0.4, -0.2) is 23.0 Å². The summed E-state index contributed by atoms with van der Waals surface area (Å²) >= 11 is 2.01. The van der Waals surface area contributed by atoms with Gasteiger partial charge in [0.1, 0.15) is 5.75 Å². The van der Waals surface area contributed by atoms with Crippen LogP contribution in [0.1, 0.15) is 10.4 Å². The van der Waals surface area contributed by atoms with Gasteiger partial charge in [-0.25, -0.2) is 0 Å². The average Bonchev–Trinajstić information content (AvgIpc) is 2.41. The van der Waals surface area contributed by atoms with E-state index in [0.29, 0.717) is 5.56 Å². The number of rotatable bonds is 2. The van der Waals surface area contributed by atoms with Crippen LogP contribution in [0.25, 0.3) is 0 Å². The lowest BCUT2D eigenvalue weighted by Crippen LogP contribution is -2.26. The molecule has 0 saturated carbocycles. The SMILES string of the molecule is CN(C(=O)c1ccc(I)c(O)c1)c1ccncc1. The molecule has 0 fully saturated rings. The zero-order valence-electron chi connectivity index (χ0n) is 9.67. The molecule has 92 valence electrons. The highest BCUT2D eigenvalue weighted by Crippen LogP contribution is 2.22. The number of halogens is 1. The first kappa shape index (κ1) is 12.8. The average molecular weight is 354 g/mol. The third-order valence-corrected chi connectivity index (χ3v) is 3.46. The van der Waals surface area contributed by atoms with E-state index in [1.807, 2.05) is 22.6 Å². The number of anilines is 1. The molecule has 0 saturated heterocycles. The van der Waals surface area contributed by atoms with Gasteiger partial charge in [-0.2, -0.15) is 0 Å². The molecule has 5 heteroatoms. The van der Waals surface area contributed by atoms with Gasteiger partial charge in [-0.3, -0.25) is 9.78 Å². The topological polar surface area (TPSA) is 53.4 Å². The van der Waals surface area contributed by atoms with E-state index in [1.165, 1.54) is 11.0 Å². The summed E-state index contributed by atoms with van der Waals surface area (Å²) in [5.74, 6) is -0.0579. The predicted molar refractivity (Wildman–Crippen MR) is 77.8 cm³/mol. The number of aromatic nitrogens is 1. The van der Waals surface area contributed by atoms with Gasteiger partial charge >= 0.3 is 0 Å². The standard InChI is InChI=1S/C13H11IN2O2/c1-16(10-4-6-15-7-5-10)13(18)9-2-3-11(14)12(17)8-9/h2-8,17H,1H3. The summed E-state index contributed by atoms with van der Waals surface area (Å²) in [6.07, 6.45) is 3.26. The van der Waals surface area contributed by atoms with E-state index in [4.69, 9.17) is 0 Å². The minimum atomic E-state index is -0.173. The first-order valence-corrected chi connectivity index (χ1v) is 6.34. The lowest BCUT2D eigenvalue weighted by atomic mass is 10.2. The molecular formula is C13H11IN2O2. The molecule has 0 unspecified atom stereocenters. The summed E-state index contributed by atoms with van der Waals surface area (Å²) in [5.41, 5.74) is 1.21. The maximum absolute atomic E-state index is 12.2. The van der Waals surface area contributed by atoms with Crippen LogP contribution < -0.4 is 4.90 Å². The highest BCUT2D eigenvalue weighted by molar-refractivity contribution is 14.1. The number of carbonyl (C=O) groups is 1. The Hall–Kier alpha value is -1.63. The maximum Gasteiger partial charge on any atom is 0.258 e. The number of hydrogen-bond donors (Lipinski definition) is 1. The second-order valence-electron chi connectivity index (χ2n) is 3.74. The van der Waals surface area contributed by atoms with Gasteiger partial charge in [-0.1, -0.05) is 0 Å². The summed E-state index contributed by atoms with van der Waals surface area (Å²) in [5, 5.41) is 9.61. The van der Waals surface area contributed by atoms with Crippen molar-refractivity contribution in [3.8, 4) is 5.75 Å². The van der Waals surface area contributed by atoms with Gasteiger partial charge in [-0.05, 0) is 52.9 Å². The zero-order valence-corrected chi connectivity index (χ0v) is 11.8. The molecule has 0 aliphatic heterocycles. The maximum atomic E-state index is 12.2. The van der Waals surface area contributed by atoms with Crippen molar-refractivity contribution in [3.63, 3.8) is 0 Å².